The summed E-state index contributed by atoms with van der Waals surface area (Å²) >= 11 is 0. The Bertz CT molecular complexity index is 1320. The molecule has 0 amide bonds. The third-order valence-electron chi connectivity index (χ3n) is 8.01. The fourth-order valence-corrected chi connectivity index (χ4v) is 6.14. The maximum atomic E-state index is 4.94. The Morgan fingerprint density at radius 1 is 1.08 bits per heavy atom. The second-order valence-corrected chi connectivity index (χ2v) is 10.9. The molecule has 7 nitrogen and oxygen atoms in total. The Morgan fingerprint density at radius 2 is 1.79 bits per heavy atom. The van der Waals surface area contributed by atoms with E-state index >= 15 is 0 Å². The van der Waals surface area contributed by atoms with E-state index in [2.05, 4.69) is 87.4 Å². The molecule has 1 fully saturated rings. The third kappa shape index (κ3) is 5.68. The first-order chi connectivity index (χ1) is 19.0. The molecule has 0 atom stereocenters. The number of rotatable bonds is 8. The molecule has 5 rings (SSSR count). The van der Waals surface area contributed by atoms with Gasteiger partial charge in [-0.15, -0.1) is 10.2 Å². The van der Waals surface area contributed by atoms with Gasteiger partial charge < -0.3 is 9.80 Å². The number of aromatic amines is 1. The molecule has 0 radical (unpaired) electrons. The van der Waals surface area contributed by atoms with Crippen molar-refractivity contribution in [3.63, 3.8) is 0 Å². The van der Waals surface area contributed by atoms with Crippen LogP contribution in [0.2, 0.25) is 0 Å². The van der Waals surface area contributed by atoms with Gasteiger partial charge in [0.2, 0.25) is 11.8 Å². The summed E-state index contributed by atoms with van der Waals surface area (Å²) < 4.78 is 0. The van der Waals surface area contributed by atoms with E-state index in [4.69, 9.17) is 11.6 Å². The zero-order valence-electron chi connectivity index (χ0n) is 23.7. The number of hydrogen-bond acceptors (Lipinski definition) is 4. The highest BCUT2D eigenvalue weighted by molar-refractivity contribution is 6.03. The van der Waals surface area contributed by atoms with Gasteiger partial charge in [0.05, 0.1) is 0 Å². The molecule has 0 unspecified atom stereocenters. The van der Waals surface area contributed by atoms with Gasteiger partial charge in [-0.05, 0) is 66.5 Å². The van der Waals surface area contributed by atoms with Crippen molar-refractivity contribution in [2.24, 2.45) is 4.99 Å². The van der Waals surface area contributed by atoms with Gasteiger partial charge in [-0.1, -0.05) is 82.2 Å². The van der Waals surface area contributed by atoms with Gasteiger partial charge in [-0.3, -0.25) is 0 Å². The van der Waals surface area contributed by atoms with E-state index in [1.807, 2.05) is 6.92 Å². The minimum Gasteiger partial charge on any atom is -0.318 e. The standard InChI is InChI=1S/C32H41N7/c1-6-12-30-29(23(4)39(26-13-8-7-9-14-26)32(38(30)5)33-22(2)3)21-24-17-19-25(20-18-24)27-15-10-11-16-28(27)31-34-36-37-35-31/h15-20,26H,2,4,6-14,21H2,1,3,5H3,(H,34,35,36,37). The van der Waals surface area contributed by atoms with Crippen molar-refractivity contribution in [3.05, 3.63) is 89.2 Å². The molecule has 39 heavy (non-hydrogen) atoms. The zero-order valence-corrected chi connectivity index (χ0v) is 23.7. The second kappa shape index (κ2) is 12.0. The Hall–Kier alpha value is -3.74. The first-order valence-corrected chi connectivity index (χ1v) is 14.4. The summed E-state index contributed by atoms with van der Waals surface area (Å²) in [5.74, 6) is 1.63. The highest BCUT2D eigenvalue weighted by atomic mass is 15.5. The molecule has 1 N–H and O–H groups in total. The van der Waals surface area contributed by atoms with Crippen molar-refractivity contribution < 1.29 is 0 Å². The van der Waals surface area contributed by atoms with E-state index in [0.29, 0.717) is 11.9 Å². The maximum Gasteiger partial charge on any atom is 0.210 e. The largest absolute Gasteiger partial charge is 0.318 e. The monoisotopic (exact) mass is 523 g/mol. The van der Waals surface area contributed by atoms with Crippen LogP contribution in [0.15, 0.2) is 77.2 Å². The van der Waals surface area contributed by atoms with Crippen molar-refractivity contribution in [3.8, 4) is 0 Å². The van der Waals surface area contributed by atoms with E-state index in [9.17, 15) is 0 Å². The highest BCUT2D eigenvalue weighted by Crippen LogP contribution is 2.38. The van der Waals surface area contributed by atoms with E-state index < -0.39 is 0 Å². The average molecular weight is 524 g/mol. The Balaban J connectivity index is 1.46. The van der Waals surface area contributed by atoms with E-state index in [1.165, 1.54) is 60.1 Å². The van der Waals surface area contributed by atoms with Crippen LogP contribution in [0.5, 0.6) is 0 Å². The summed E-state index contributed by atoms with van der Waals surface area (Å²) in [5.41, 5.74) is 9.24. The Labute approximate surface area is 232 Å². The molecule has 3 aliphatic rings. The molecule has 1 aromatic carbocycles. The fraction of sp³-hybridized carbons (Fsp3) is 0.438. The van der Waals surface area contributed by atoms with Gasteiger partial charge in [0.1, 0.15) is 0 Å². The van der Waals surface area contributed by atoms with Gasteiger partial charge in [0.15, 0.2) is 0 Å². The van der Waals surface area contributed by atoms with Crippen molar-refractivity contribution in [1.82, 2.24) is 30.4 Å². The first-order valence-electron chi connectivity index (χ1n) is 14.4. The predicted molar refractivity (Wildman–Crippen MR) is 159 cm³/mol. The number of nitrogens with zero attached hydrogens (tertiary/aromatic N) is 6. The molecule has 0 spiro atoms. The SMILES string of the molecule is C=C(C)N=C1N(C)C(CCC)=C(Cc2ccc(C3=CCCC=C3c3nn[nH]n3)cc2)C(=C)N1C1CCCCC1. The molecule has 1 aromatic heterocycles. The van der Waals surface area contributed by atoms with Gasteiger partial charge in [-0.25, -0.2) is 4.99 Å². The zero-order chi connectivity index (χ0) is 27.4. The number of nitrogens with one attached hydrogen (secondary N) is 1. The quantitative estimate of drug-likeness (QED) is 0.402. The van der Waals surface area contributed by atoms with Crippen LogP contribution in [0.4, 0.5) is 0 Å². The molecule has 2 heterocycles. The van der Waals surface area contributed by atoms with Crippen LogP contribution < -0.4 is 0 Å². The number of tetrazole rings is 1. The van der Waals surface area contributed by atoms with Gasteiger partial charge in [0, 0.05) is 42.2 Å². The third-order valence-corrected chi connectivity index (χ3v) is 8.01. The van der Waals surface area contributed by atoms with Gasteiger partial charge in [-0.2, -0.15) is 5.21 Å². The van der Waals surface area contributed by atoms with Crippen LogP contribution in [0.1, 0.15) is 88.6 Å². The molecular weight excluding hydrogens is 482 g/mol. The predicted octanol–water partition coefficient (Wildman–Crippen LogP) is 7.04. The molecule has 7 heteroatoms. The average Bonchev–Trinajstić information content (AvgIpc) is 3.49. The van der Waals surface area contributed by atoms with Crippen molar-refractivity contribution in [2.75, 3.05) is 7.05 Å². The van der Waals surface area contributed by atoms with Crippen molar-refractivity contribution >= 4 is 17.1 Å². The van der Waals surface area contributed by atoms with Crippen molar-refractivity contribution in [1.29, 1.82) is 0 Å². The Morgan fingerprint density at radius 3 is 2.44 bits per heavy atom. The fourth-order valence-electron chi connectivity index (χ4n) is 6.14. The number of H-pyrrole nitrogens is 1. The number of allylic oxidation sites excluding steroid dienone is 7. The van der Waals surface area contributed by atoms with Crippen LogP contribution in [0, 0.1) is 0 Å². The lowest BCUT2D eigenvalue weighted by Gasteiger charge is -2.46. The Kier molecular flexibility index (Phi) is 8.24. The van der Waals surface area contributed by atoms with E-state index in [0.717, 1.165) is 55.0 Å². The second-order valence-electron chi connectivity index (χ2n) is 10.9. The van der Waals surface area contributed by atoms with E-state index in [1.54, 1.807) is 0 Å². The summed E-state index contributed by atoms with van der Waals surface area (Å²) in [7, 11) is 2.17. The number of benzene rings is 1. The molecule has 1 aliphatic heterocycles. The minimum atomic E-state index is 0.431. The molecule has 2 aliphatic carbocycles. The lowest BCUT2D eigenvalue weighted by Crippen LogP contribution is -2.51. The molecular formula is C32H41N7. The number of hydrogen-bond donors (Lipinski definition) is 1. The number of aliphatic imine (C=N–C) groups is 1. The van der Waals surface area contributed by atoms with Gasteiger partial charge in [0.25, 0.3) is 0 Å². The van der Waals surface area contributed by atoms with Crippen LogP contribution >= 0.6 is 0 Å². The lowest BCUT2D eigenvalue weighted by atomic mass is 9.89. The molecule has 204 valence electrons. The summed E-state index contributed by atoms with van der Waals surface area (Å²) in [4.78, 5) is 9.67. The van der Waals surface area contributed by atoms with Crippen LogP contribution in [-0.4, -0.2) is 49.5 Å². The topological polar surface area (TPSA) is 73.3 Å². The highest BCUT2D eigenvalue weighted by Gasteiger charge is 2.36. The molecule has 1 saturated carbocycles. The smallest absolute Gasteiger partial charge is 0.210 e. The van der Waals surface area contributed by atoms with Crippen LogP contribution in [0.3, 0.4) is 0 Å². The summed E-state index contributed by atoms with van der Waals surface area (Å²) in [6, 6.07) is 9.39. The number of aromatic nitrogens is 4. The lowest BCUT2D eigenvalue weighted by molar-refractivity contribution is 0.256. The number of guanidine groups is 1. The van der Waals surface area contributed by atoms with Crippen LogP contribution in [-0.2, 0) is 6.42 Å². The summed E-state index contributed by atoms with van der Waals surface area (Å²) in [5, 5.41) is 14.8. The molecule has 2 aromatic rings. The molecule has 0 bridgehead atoms. The van der Waals surface area contributed by atoms with Crippen LogP contribution in [0.25, 0.3) is 11.1 Å². The van der Waals surface area contributed by atoms with Crippen molar-refractivity contribution in [2.45, 2.75) is 84.1 Å². The van der Waals surface area contributed by atoms with E-state index in [-0.39, 0.29) is 0 Å². The molecule has 0 saturated heterocycles. The summed E-state index contributed by atoms with van der Waals surface area (Å²) in [6.45, 7) is 13.0. The van der Waals surface area contributed by atoms with Gasteiger partial charge >= 0.3 is 0 Å². The maximum absolute atomic E-state index is 4.94. The summed E-state index contributed by atoms with van der Waals surface area (Å²) in [6.07, 6.45) is 15.6. The first kappa shape index (κ1) is 26.9. The normalized spacial score (nSPS) is 20.0. The minimum absolute atomic E-state index is 0.431.